The van der Waals surface area contributed by atoms with E-state index < -0.39 is 0 Å². The molecular formula is C12H17BrClNO. The molecule has 0 saturated carbocycles. The Labute approximate surface area is 110 Å². The van der Waals surface area contributed by atoms with Crippen molar-refractivity contribution >= 4 is 27.5 Å². The molecule has 90 valence electrons. The third-order valence-corrected chi connectivity index (χ3v) is 3.77. The van der Waals surface area contributed by atoms with Gasteiger partial charge in [-0.2, -0.15) is 0 Å². The Kier molecular flexibility index (Phi) is 5.76. The molecular weight excluding hydrogens is 289 g/mol. The van der Waals surface area contributed by atoms with Gasteiger partial charge in [0.15, 0.2) is 0 Å². The summed E-state index contributed by atoms with van der Waals surface area (Å²) in [5, 5.41) is 13.2. The summed E-state index contributed by atoms with van der Waals surface area (Å²) >= 11 is 9.30. The largest absolute Gasteiger partial charge is 0.395 e. The number of rotatable bonds is 5. The maximum Gasteiger partial charge on any atom is 0.0587 e. The molecule has 0 aromatic heterocycles. The summed E-state index contributed by atoms with van der Waals surface area (Å²) in [5.41, 5.74) is 1.15. The van der Waals surface area contributed by atoms with Crippen LogP contribution in [-0.2, 0) is 6.54 Å². The molecule has 1 aromatic rings. The lowest BCUT2D eigenvalue weighted by Gasteiger charge is -2.20. The van der Waals surface area contributed by atoms with Gasteiger partial charge in [-0.15, -0.1) is 0 Å². The molecule has 1 unspecified atom stereocenters. The van der Waals surface area contributed by atoms with Gasteiger partial charge in [-0.1, -0.05) is 31.5 Å². The lowest BCUT2D eigenvalue weighted by atomic mass is 10.1. The molecule has 0 aliphatic carbocycles. The zero-order chi connectivity index (χ0) is 12.1. The number of halogens is 2. The van der Waals surface area contributed by atoms with Crippen molar-refractivity contribution < 1.29 is 5.11 Å². The molecule has 2 nitrogen and oxygen atoms in total. The minimum atomic E-state index is 0.134. The van der Waals surface area contributed by atoms with Gasteiger partial charge in [-0.25, -0.2) is 0 Å². The summed E-state index contributed by atoms with van der Waals surface area (Å²) in [6, 6.07) is 5.97. The Morgan fingerprint density at radius 3 is 2.62 bits per heavy atom. The van der Waals surface area contributed by atoms with Crippen LogP contribution in [0.5, 0.6) is 0 Å². The highest BCUT2D eigenvalue weighted by Gasteiger charge is 2.11. The second kappa shape index (κ2) is 6.60. The average molecular weight is 307 g/mol. The first-order chi connectivity index (χ1) is 7.54. The van der Waals surface area contributed by atoms with E-state index in [0.717, 1.165) is 16.6 Å². The van der Waals surface area contributed by atoms with Crippen molar-refractivity contribution in [2.45, 2.75) is 26.4 Å². The first kappa shape index (κ1) is 14.0. The maximum atomic E-state index is 9.18. The van der Waals surface area contributed by atoms with Crippen LogP contribution in [0.2, 0.25) is 5.02 Å². The van der Waals surface area contributed by atoms with Crippen molar-refractivity contribution in [2.24, 2.45) is 5.92 Å². The standard InChI is InChI=1S/C12H17BrClNO/c1-8(2)12(7-16)15-6-9-3-4-11(14)10(13)5-9/h3-5,8,12,15-16H,6-7H2,1-2H3. The second-order valence-corrected chi connectivity index (χ2v) is 5.42. The lowest BCUT2D eigenvalue weighted by molar-refractivity contribution is 0.210. The number of hydrogen-bond donors (Lipinski definition) is 2. The van der Waals surface area contributed by atoms with E-state index in [9.17, 15) is 5.11 Å². The van der Waals surface area contributed by atoms with E-state index in [4.69, 9.17) is 11.6 Å². The molecule has 0 amide bonds. The van der Waals surface area contributed by atoms with Gasteiger partial charge >= 0.3 is 0 Å². The number of hydrogen-bond acceptors (Lipinski definition) is 2. The molecule has 1 aromatic carbocycles. The normalized spacial score (nSPS) is 13.1. The van der Waals surface area contributed by atoms with Gasteiger partial charge in [0.05, 0.1) is 11.6 Å². The molecule has 0 aliphatic heterocycles. The van der Waals surface area contributed by atoms with Crippen LogP contribution in [0.3, 0.4) is 0 Å². The monoisotopic (exact) mass is 305 g/mol. The van der Waals surface area contributed by atoms with Crippen molar-refractivity contribution in [1.82, 2.24) is 5.32 Å². The molecule has 0 aliphatic rings. The van der Waals surface area contributed by atoms with Crippen LogP contribution >= 0.6 is 27.5 Å². The zero-order valence-electron chi connectivity index (χ0n) is 9.50. The van der Waals surface area contributed by atoms with Gasteiger partial charge in [0.2, 0.25) is 0 Å². The van der Waals surface area contributed by atoms with E-state index in [1.54, 1.807) is 0 Å². The molecule has 0 saturated heterocycles. The number of nitrogens with one attached hydrogen (secondary N) is 1. The Morgan fingerprint density at radius 1 is 1.44 bits per heavy atom. The van der Waals surface area contributed by atoms with Crippen molar-refractivity contribution in [2.75, 3.05) is 6.61 Å². The quantitative estimate of drug-likeness (QED) is 0.875. The summed E-state index contributed by atoms with van der Waals surface area (Å²) in [4.78, 5) is 0. The molecule has 1 rings (SSSR count). The van der Waals surface area contributed by atoms with E-state index >= 15 is 0 Å². The predicted octanol–water partition coefficient (Wildman–Crippen LogP) is 3.21. The molecule has 1 atom stereocenters. The predicted molar refractivity (Wildman–Crippen MR) is 71.7 cm³/mol. The molecule has 0 heterocycles. The van der Waals surface area contributed by atoms with Gasteiger partial charge in [-0.05, 0) is 39.5 Å². The van der Waals surface area contributed by atoms with E-state index in [1.807, 2.05) is 18.2 Å². The highest BCUT2D eigenvalue weighted by Crippen LogP contribution is 2.23. The first-order valence-corrected chi connectivity index (χ1v) is 6.50. The fraction of sp³-hybridized carbons (Fsp3) is 0.500. The minimum Gasteiger partial charge on any atom is -0.395 e. The van der Waals surface area contributed by atoms with Gasteiger partial charge < -0.3 is 10.4 Å². The second-order valence-electron chi connectivity index (χ2n) is 4.16. The Morgan fingerprint density at radius 2 is 2.12 bits per heavy atom. The Bertz CT molecular complexity index is 344. The van der Waals surface area contributed by atoms with Gasteiger partial charge in [0.1, 0.15) is 0 Å². The van der Waals surface area contributed by atoms with Crippen molar-refractivity contribution in [3.63, 3.8) is 0 Å². The van der Waals surface area contributed by atoms with Crippen molar-refractivity contribution in [3.8, 4) is 0 Å². The summed E-state index contributed by atoms with van der Waals surface area (Å²) in [6.45, 7) is 5.07. The number of benzene rings is 1. The Hall–Kier alpha value is -0.0900. The molecule has 16 heavy (non-hydrogen) atoms. The average Bonchev–Trinajstić information content (AvgIpc) is 2.23. The van der Waals surface area contributed by atoms with Crippen LogP contribution in [0.15, 0.2) is 22.7 Å². The summed E-state index contributed by atoms with van der Waals surface area (Å²) < 4.78 is 0.901. The Balaban J connectivity index is 2.57. The van der Waals surface area contributed by atoms with Gasteiger partial charge in [0.25, 0.3) is 0 Å². The van der Waals surface area contributed by atoms with Gasteiger partial charge in [0, 0.05) is 17.1 Å². The van der Waals surface area contributed by atoms with Crippen LogP contribution in [0.1, 0.15) is 19.4 Å². The molecule has 0 fully saturated rings. The van der Waals surface area contributed by atoms with Crippen LogP contribution in [-0.4, -0.2) is 17.8 Å². The highest BCUT2D eigenvalue weighted by atomic mass is 79.9. The van der Waals surface area contributed by atoms with Crippen LogP contribution in [0.25, 0.3) is 0 Å². The molecule has 0 bridgehead atoms. The number of aliphatic hydroxyl groups excluding tert-OH is 1. The number of aliphatic hydroxyl groups is 1. The molecule has 2 N–H and O–H groups in total. The maximum absolute atomic E-state index is 9.18. The van der Waals surface area contributed by atoms with E-state index in [2.05, 4.69) is 35.1 Å². The molecule has 4 heteroatoms. The summed E-state index contributed by atoms with van der Waals surface area (Å²) in [6.07, 6.45) is 0. The van der Waals surface area contributed by atoms with Crippen molar-refractivity contribution in [1.29, 1.82) is 0 Å². The van der Waals surface area contributed by atoms with E-state index in [0.29, 0.717) is 10.9 Å². The summed E-state index contributed by atoms with van der Waals surface area (Å²) in [5.74, 6) is 0.417. The van der Waals surface area contributed by atoms with Crippen molar-refractivity contribution in [3.05, 3.63) is 33.3 Å². The summed E-state index contributed by atoms with van der Waals surface area (Å²) in [7, 11) is 0. The van der Waals surface area contributed by atoms with E-state index in [1.165, 1.54) is 0 Å². The van der Waals surface area contributed by atoms with Crippen LogP contribution in [0, 0.1) is 5.92 Å². The fourth-order valence-corrected chi connectivity index (χ4v) is 1.95. The van der Waals surface area contributed by atoms with Crippen LogP contribution < -0.4 is 5.32 Å². The third-order valence-electron chi connectivity index (χ3n) is 2.55. The molecule has 0 spiro atoms. The smallest absolute Gasteiger partial charge is 0.0587 e. The van der Waals surface area contributed by atoms with Crippen LogP contribution in [0.4, 0.5) is 0 Å². The van der Waals surface area contributed by atoms with Gasteiger partial charge in [-0.3, -0.25) is 0 Å². The first-order valence-electron chi connectivity index (χ1n) is 5.32. The fourth-order valence-electron chi connectivity index (χ4n) is 1.41. The minimum absolute atomic E-state index is 0.134. The topological polar surface area (TPSA) is 32.3 Å². The lowest BCUT2D eigenvalue weighted by Crippen LogP contribution is -2.36. The SMILES string of the molecule is CC(C)C(CO)NCc1ccc(Cl)c(Br)c1. The third kappa shape index (κ3) is 4.06. The van der Waals surface area contributed by atoms with E-state index in [-0.39, 0.29) is 12.6 Å². The highest BCUT2D eigenvalue weighted by molar-refractivity contribution is 9.10. The zero-order valence-corrected chi connectivity index (χ0v) is 11.8. The molecule has 0 radical (unpaired) electrons.